The van der Waals surface area contributed by atoms with Gasteiger partial charge in [-0.3, -0.25) is 0 Å². The molecule has 0 amide bonds. The van der Waals surface area contributed by atoms with Crippen molar-refractivity contribution in [3.63, 3.8) is 0 Å². The summed E-state index contributed by atoms with van der Waals surface area (Å²) in [6.07, 6.45) is 0. The number of thioether (sulfide) groups is 1. The molecule has 0 spiro atoms. The van der Waals surface area contributed by atoms with Crippen LogP contribution in [-0.4, -0.2) is 25.0 Å². The molecule has 6 heteroatoms. The topological polar surface area (TPSA) is 56.5 Å². The lowest BCUT2D eigenvalue weighted by atomic mass is 10.2. The van der Waals surface area contributed by atoms with Gasteiger partial charge in [0.05, 0.1) is 6.54 Å². The molecule has 0 saturated heterocycles. The summed E-state index contributed by atoms with van der Waals surface area (Å²) in [4.78, 5) is 9.67. The predicted octanol–water partition coefficient (Wildman–Crippen LogP) is 5.23. The zero-order valence-corrected chi connectivity index (χ0v) is 17.0. The van der Waals surface area contributed by atoms with Gasteiger partial charge in [-0.25, -0.2) is 14.6 Å². The zero-order chi connectivity index (χ0) is 20.2. The Hall–Kier alpha value is -3.51. The van der Waals surface area contributed by atoms with Gasteiger partial charge in [0.1, 0.15) is 5.03 Å². The third kappa shape index (κ3) is 3.95. The monoisotopic (exact) mass is 409 g/mol. The van der Waals surface area contributed by atoms with E-state index in [-0.39, 0.29) is 0 Å². The number of rotatable bonds is 6. The van der Waals surface area contributed by atoms with Crippen LogP contribution in [0.5, 0.6) is 0 Å². The molecule has 30 heavy (non-hydrogen) atoms. The minimum atomic E-state index is 0.616. The molecule has 0 saturated carbocycles. The van der Waals surface area contributed by atoms with Crippen LogP contribution >= 0.6 is 11.8 Å². The molecule has 2 heterocycles. The highest BCUT2D eigenvalue weighted by Crippen LogP contribution is 2.29. The molecule has 5 nitrogen and oxygen atoms in total. The first-order valence-electron chi connectivity index (χ1n) is 9.74. The maximum atomic E-state index is 4.84. The number of nitrogens with zero attached hydrogens (tertiary/aromatic N) is 5. The fourth-order valence-electron chi connectivity index (χ4n) is 3.24. The maximum absolute atomic E-state index is 4.84. The van der Waals surface area contributed by atoms with E-state index in [9.17, 15) is 0 Å². The Morgan fingerprint density at radius 3 is 2.03 bits per heavy atom. The number of fused-ring (bicyclic) bond motifs is 1. The Morgan fingerprint density at radius 2 is 1.33 bits per heavy atom. The van der Waals surface area contributed by atoms with E-state index in [1.165, 1.54) is 5.56 Å². The van der Waals surface area contributed by atoms with E-state index in [0.717, 1.165) is 33.1 Å². The molecule has 0 unspecified atom stereocenters. The lowest BCUT2D eigenvalue weighted by Crippen LogP contribution is -2.04. The number of hydrogen-bond donors (Lipinski definition) is 0. The van der Waals surface area contributed by atoms with E-state index in [1.54, 1.807) is 11.8 Å². The fraction of sp³-hybridized carbons (Fsp3) is 0.0833. The summed E-state index contributed by atoms with van der Waals surface area (Å²) in [7, 11) is 0. The summed E-state index contributed by atoms with van der Waals surface area (Å²) in [6.45, 7) is 0.616. The van der Waals surface area contributed by atoms with Gasteiger partial charge in [0, 0.05) is 11.3 Å². The van der Waals surface area contributed by atoms with Crippen molar-refractivity contribution in [1.82, 2.24) is 25.0 Å². The first kappa shape index (κ1) is 18.5. The van der Waals surface area contributed by atoms with Gasteiger partial charge >= 0.3 is 0 Å². The summed E-state index contributed by atoms with van der Waals surface area (Å²) in [6, 6.07) is 30.6. The molecule has 0 N–H and O–H groups in total. The molecule has 5 rings (SSSR count). The molecule has 0 aliphatic heterocycles. The van der Waals surface area contributed by atoms with Crippen LogP contribution in [0.4, 0.5) is 0 Å². The molecular weight excluding hydrogens is 390 g/mol. The van der Waals surface area contributed by atoms with Gasteiger partial charge in [0.2, 0.25) is 0 Å². The van der Waals surface area contributed by atoms with Gasteiger partial charge in [0.25, 0.3) is 0 Å². The van der Waals surface area contributed by atoms with Gasteiger partial charge in [-0.1, -0.05) is 108 Å². The highest BCUT2D eigenvalue weighted by atomic mass is 32.2. The minimum absolute atomic E-state index is 0.616. The fourth-order valence-corrected chi connectivity index (χ4v) is 4.15. The Labute approximate surface area is 178 Å². The Bertz CT molecular complexity index is 1250. The van der Waals surface area contributed by atoms with Crippen LogP contribution in [0.15, 0.2) is 96.0 Å². The van der Waals surface area contributed by atoms with Crippen molar-refractivity contribution in [1.29, 1.82) is 0 Å². The van der Waals surface area contributed by atoms with Crippen LogP contribution in [0.2, 0.25) is 0 Å². The van der Waals surface area contributed by atoms with Crippen molar-refractivity contribution in [2.45, 2.75) is 17.3 Å². The lowest BCUT2D eigenvalue weighted by molar-refractivity contribution is 0.664. The standard InChI is InChI=1S/C24H19N5S/c1-4-10-18(11-5-1)16-29-23-21(27-28-29)24(30-17-19-12-6-2-7-13-19)26-22(25-23)20-14-8-3-9-15-20/h1-15H,16-17H2. The molecule has 5 aromatic rings. The Kier molecular flexibility index (Phi) is 5.23. The van der Waals surface area contributed by atoms with Crippen molar-refractivity contribution in [3.05, 3.63) is 102 Å². The summed E-state index contributed by atoms with van der Waals surface area (Å²) < 4.78 is 1.85. The van der Waals surface area contributed by atoms with Crippen molar-refractivity contribution in [3.8, 4) is 11.4 Å². The molecule has 0 atom stereocenters. The van der Waals surface area contributed by atoms with Gasteiger partial charge < -0.3 is 0 Å². The predicted molar refractivity (Wildman–Crippen MR) is 120 cm³/mol. The number of aromatic nitrogens is 5. The van der Waals surface area contributed by atoms with Crippen molar-refractivity contribution in [2.75, 3.05) is 0 Å². The van der Waals surface area contributed by atoms with Gasteiger partial charge in [-0.2, -0.15) is 0 Å². The smallest absolute Gasteiger partial charge is 0.183 e. The molecule has 0 aliphatic rings. The third-order valence-corrected chi connectivity index (χ3v) is 5.79. The van der Waals surface area contributed by atoms with E-state index in [0.29, 0.717) is 12.4 Å². The van der Waals surface area contributed by atoms with E-state index in [1.807, 2.05) is 59.3 Å². The lowest BCUT2D eigenvalue weighted by Gasteiger charge is -2.07. The molecule has 2 aromatic heterocycles. The van der Waals surface area contributed by atoms with Crippen LogP contribution in [0, 0.1) is 0 Å². The van der Waals surface area contributed by atoms with Gasteiger partial charge in [0.15, 0.2) is 17.0 Å². The normalized spacial score (nSPS) is 11.1. The van der Waals surface area contributed by atoms with E-state index >= 15 is 0 Å². The second-order valence-corrected chi connectivity index (χ2v) is 7.86. The Morgan fingerprint density at radius 1 is 0.700 bits per heavy atom. The van der Waals surface area contributed by atoms with Gasteiger partial charge in [-0.15, -0.1) is 5.10 Å². The highest BCUT2D eigenvalue weighted by molar-refractivity contribution is 7.98. The molecule has 0 radical (unpaired) electrons. The second kappa shape index (κ2) is 8.47. The molecular formula is C24H19N5S. The number of benzene rings is 3. The SMILES string of the molecule is c1ccc(CSc2nc(-c3ccccc3)nc3c2nnn3Cc2ccccc2)cc1. The van der Waals surface area contributed by atoms with Crippen LogP contribution in [0.25, 0.3) is 22.6 Å². The van der Waals surface area contributed by atoms with Crippen LogP contribution < -0.4 is 0 Å². The largest absolute Gasteiger partial charge is 0.222 e. The summed E-state index contributed by atoms with van der Waals surface area (Å²) in [5, 5.41) is 9.67. The first-order valence-corrected chi connectivity index (χ1v) is 10.7. The van der Waals surface area contributed by atoms with E-state index in [2.05, 4.69) is 46.7 Å². The molecule has 3 aromatic carbocycles. The quantitative estimate of drug-likeness (QED) is 0.284. The summed E-state index contributed by atoms with van der Waals surface area (Å²) in [5.74, 6) is 1.50. The average Bonchev–Trinajstić information content (AvgIpc) is 3.22. The van der Waals surface area contributed by atoms with Crippen molar-refractivity contribution >= 4 is 22.9 Å². The maximum Gasteiger partial charge on any atom is 0.183 e. The third-order valence-electron chi connectivity index (χ3n) is 4.76. The first-order chi connectivity index (χ1) is 14.9. The van der Waals surface area contributed by atoms with E-state index < -0.39 is 0 Å². The molecule has 0 aliphatic carbocycles. The minimum Gasteiger partial charge on any atom is -0.222 e. The molecule has 0 bridgehead atoms. The van der Waals surface area contributed by atoms with Gasteiger partial charge in [-0.05, 0) is 11.1 Å². The van der Waals surface area contributed by atoms with Crippen molar-refractivity contribution < 1.29 is 0 Å². The summed E-state index contributed by atoms with van der Waals surface area (Å²) >= 11 is 1.66. The van der Waals surface area contributed by atoms with Crippen molar-refractivity contribution in [2.24, 2.45) is 0 Å². The number of hydrogen-bond acceptors (Lipinski definition) is 5. The van der Waals surface area contributed by atoms with Crippen LogP contribution in [0.1, 0.15) is 11.1 Å². The average molecular weight is 410 g/mol. The second-order valence-electron chi connectivity index (χ2n) is 6.90. The van der Waals surface area contributed by atoms with E-state index in [4.69, 9.17) is 9.97 Å². The summed E-state index contributed by atoms with van der Waals surface area (Å²) in [5.41, 5.74) is 4.87. The van der Waals surface area contributed by atoms with Crippen LogP contribution in [0.3, 0.4) is 0 Å². The Balaban J connectivity index is 1.57. The molecule has 0 fully saturated rings. The zero-order valence-electron chi connectivity index (χ0n) is 16.2. The van der Waals surface area contributed by atoms with Crippen LogP contribution in [-0.2, 0) is 12.3 Å². The highest BCUT2D eigenvalue weighted by Gasteiger charge is 2.16. The molecule has 146 valence electrons.